The maximum absolute atomic E-state index is 12.7. The predicted molar refractivity (Wildman–Crippen MR) is 104 cm³/mol. The van der Waals surface area contributed by atoms with E-state index in [9.17, 15) is 13.2 Å². The zero-order chi connectivity index (χ0) is 19.4. The number of aryl methyl sites for hydroxylation is 1. The molecular weight excluding hydrogens is 386 g/mol. The summed E-state index contributed by atoms with van der Waals surface area (Å²) in [5.41, 5.74) is 1.88. The van der Waals surface area contributed by atoms with E-state index in [0.717, 1.165) is 11.1 Å². The molecule has 2 aromatic rings. The number of carbonyl (C=O) groups is 1. The molecule has 0 aliphatic carbocycles. The number of halogens is 1. The van der Waals surface area contributed by atoms with Crippen LogP contribution in [-0.2, 0) is 26.2 Å². The van der Waals surface area contributed by atoms with Crippen molar-refractivity contribution in [1.82, 2.24) is 4.31 Å². The molecule has 0 N–H and O–H groups in total. The van der Waals surface area contributed by atoms with E-state index in [1.807, 2.05) is 19.1 Å². The lowest BCUT2D eigenvalue weighted by Gasteiger charge is -2.30. The summed E-state index contributed by atoms with van der Waals surface area (Å²) in [6.45, 7) is 2.74. The van der Waals surface area contributed by atoms with Crippen LogP contribution in [0, 0.1) is 12.8 Å². The molecule has 1 saturated heterocycles. The molecule has 1 fully saturated rings. The fourth-order valence-electron chi connectivity index (χ4n) is 3.04. The third-order valence-corrected chi connectivity index (χ3v) is 6.91. The maximum Gasteiger partial charge on any atom is 0.309 e. The Balaban J connectivity index is 1.54. The molecule has 2 aromatic carbocycles. The highest BCUT2D eigenvalue weighted by atomic mass is 35.5. The third kappa shape index (κ3) is 4.89. The van der Waals surface area contributed by atoms with Gasteiger partial charge in [-0.2, -0.15) is 4.31 Å². The molecule has 0 radical (unpaired) electrons. The summed E-state index contributed by atoms with van der Waals surface area (Å²) in [6.07, 6.45) is 0.926. The summed E-state index contributed by atoms with van der Waals surface area (Å²) in [4.78, 5) is 12.6. The summed E-state index contributed by atoms with van der Waals surface area (Å²) in [5.74, 6) is -0.556. The van der Waals surface area contributed by atoms with Gasteiger partial charge in [0.1, 0.15) is 6.61 Å². The molecule has 7 heteroatoms. The van der Waals surface area contributed by atoms with Crippen molar-refractivity contribution in [3.05, 3.63) is 64.7 Å². The van der Waals surface area contributed by atoms with E-state index < -0.39 is 10.0 Å². The van der Waals surface area contributed by atoms with Gasteiger partial charge >= 0.3 is 5.97 Å². The number of sulfonamides is 1. The average molecular weight is 408 g/mol. The number of nitrogens with zero attached hydrogens (tertiary/aromatic N) is 1. The SMILES string of the molecule is Cc1ccc(S(=O)(=O)N2CCC(C(=O)OCc3ccc(Cl)cc3)CC2)cc1. The van der Waals surface area contributed by atoms with E-state index in [-0.39, 0.29) is 23.4 Å². The van der Waals surface area contributed by atoms with Gasteiger partial charge in [-0.1, -0.05) is 41.4 Å². The van der Waals surface area contributed by atoms with Gasteiger partial charge in [0.05, 0.1) is 10.8 Å². The van der Waals surface area contributed by atoms with E-state index in [1.165, 1.54) is 4.31 Å². The first-order chi connectivity index (χ1) is 12.9. The topological polar surface area (TPSA) is 63.7 Å². The minimum atomic E-state index is -3.52. The molecule has 0 aromatic heterocycles. The van der Waals surface area contributed by atoms with Crippen LogP contribution in [0.25, 0.3) is 0 Å². The van der Waals surface area contributed by atoms with Gasteiger partial charge in [0.25, 0.3) is 0 Å². The average Bonchev–Trinajstić information content (AvgIpc) is 2.68. The molecule has 1 aliphatic heterocycles. The van der Waals surface area contributed by atoms with Gasteiger partial charge in [0.15, 0.2) is 0 Å². The molecule has 0 unspecified atom stereocenters. The van der Waals surface area contributed by atoms with Crippen molar-refractivity contribution in [3.63, 3.8) is 0 Å². The molecule has 0 saturated carbocycles. The smallest absolute Gasteiger partial charge is 0.309 e. The minimum absolute atomic E-state index is 0.192. The molecule has 0 spiro atoms. The lowest BCUT2D eigenvalue weighted by atomic mass is 9.98. The Kier molecular flexibility index (Phi) is 6.19. The highest BCUT2D eigenvalue weighted by Gasteiger charge is 2.32. The van der Waals surface area contributed by atoms with E-state index in [1.54, 1.807) is 36.4 Å². The first kappa shape index (κ1) is 19.9. The Morgan fingerprint density at radius 3 is 2.26 bits per heavy atom. The molecular formula is C20H22ClNO4S. The number of hydrogen-bond acceptors (Lipinski definition) is 4. The van der Waals surface area contributed by atoms with Crippen LogP contribution in [0.4, 0.5) is 0 Å². The van der Waals surface area contributed by atoms with Crippen LogP contribution >= 0.6 is 11.6 Å². The van der Waals surface area contributed by atoms with Gasteiger partial charge in [-0.25, -0.2) is 8.42 Å². The summed E-state index contributed by atoms with van der Waals surface area (Å²) < 4.78 is 32.2. The minimum Gasteiger partial charge on any atom is -0.461 e. The fraction of sp³-hybridized carbons (Fsp3) is 0.350. The molecule has 1 aliphatic rings. The molecule has 0 amide bonds. The molecule has 0 atom stereocenters. The van der Waals surface area contributed by atoms with Gasteiger partial charge in [0, 0.05) is 18.1 Å². The van der Waals surface area contributed by atoms with Crippen LogP contribution in [0.3, 0.4) is 0 Å². The standard InChI is InChI=1S/C20H22ClNO4S/c1-15-2-8-19(9-3-15)27(24,25)22-12-10-17(11-13-22)20(23)26-14-16-4-6-18(21)7-5-16/h2-9,17H,10-14H2,1H3. The van der Waals surface area contributed by atoms with Gasteiger partial charge in [-0.05, 0) is 49.6 Å². The van der Waals surface area contributed by atoms with Crippen LogP contribution in [0.2, 0.25) is 5.02 Å². The normalized spacial score (nSPS) is 16.2. The van der Waals surface area contributed by atoms with Crippen molar-refractivity contribution < 1.29 is 17.9 Å². The van der Waals surface area contributed by atoms with E-state index in [2.05, 4.69) is 0 Å². The summed E-state index contributed by atoms with van der Waals surface area (Å²) in [5, 5.41) is 0.632. The second kappa shape index (κ2) is 8.42. The van der Waals surface area contributed by atoms with E-state index >= 15 is 0 Å². The summed E-state index contributed by atoms with van der Waals surface area (Å²) >= 11 is 5.84. The van der Waals surface area contributed by atoms with Gasteiger partial charge < -0.3 is 4.74 Å². The van der Waals surface area contributed by atoms with Crippen molar-refractivity contribution in [3.8, 4) is 0 Å². The highest BCUT2D eigenvalue weighted by Crippen LogP contribution is 2.25. The fourth-order valence-corrected chi connectivity index (χ4v) is 4.64. The second-order valence-corrected chi connectivity index (χ2v) is 9.10. The van der Waals surface area contributed by atoms with E-state index in [4.69, 9.17) is 16.3 Å². The number of hydrogen-bond donors (Lipinski definition) is 0. The van der Waals surface area contributed by atoms with Gasteiger partial charge in [-0.15, -0.1) is 0 Å². The molecule has 3 rings (SSSR count). The Labute approximate surface area is 165 Å². The molecule has 1 heterocycles. The third-order valence-electron chi connectivity index (χ3n) is 4.74. The quantitative estimate of drug-likeness (QED) is 0.707. The maximum atomic E-state index is 12.7. The van der Waals surface area contributed by atoms with Crippen LogP contribution in [0.15, 0.2) is 53.4 Å². The Bertz CT molecular complexity index is 887. The lowest BCUT2D eigenvalue weighted by molar-refractivity contribution is -0.151. The lowest BCUT2D eigenvalue weighted by Crippen LogP contribution is -2.40. The van der Waals surface area contributed by atoms with Crippen molar-refractivity contribution >= 4 is 27.6 Å². The number of benzene rings is 2. The number of carbonyl (C=O) groups excluding carboxylic acids is 1. The number of esters is 1. The summed E-state index contributed by atoms with van der Waals surface area (Å²) in [7, 11) is -3.52. The Hall–Kier alpha value is -1.89. The molecule has 5 nitrogen and oxygen atoms in total. The predicted octanol–water partition coefficient (Wildman–Crippen LogP) is 3.79. The monoisotopic (exact) mass is 407 g/mol. The Morgan fingerprint density at radius 2 is 1.67 bits per heavy atom. The van der Waals surface area contributed by atoms with Crippen molar-refractivity contribution in [1.29, 1.82) is 0 Å². The Morgan fingerprint density at radius 1 is 1.07 bits per heavy atom. The van der Waals surface area contributed by atoms with Gasteiger partial charge in [-0.3, -0.25) is 4.79 Å². The molecule has 0 bridgehead atoms. The first-order valence-electron chi connectivity index (χ1n) is 8.84. The van der Waals surface area contributed by atoms with Gasteiger partial charge in [0.2, 0.25) is 10.0 Å². The van der Waals surface area contributed by atoms with Crippen LogP contribution in [0.5, 0.6) is 0 Å². The van der Waals surface area contributed by atoms with Crippen molar-refractivity contribution in [2.75, 3.05) is 13.1 Å². The second-order valence-electron chi connectivity index (χ2n) is 6.73. The largest absolute Gasteiger partial charge is 0.461 e. The number of ether oxygens (including phenoxy) is 1. The van der Waals surface area contributed by atoms with Crippen molar-refractivity contribution in [2.24, 2.45) is 5.92 Å². The number of rotatable bonds is 5. The van der Waals surface area contributed by atoms with Crippen LogP contribution in [-0.4, -0.2) is 31.8 Å². The van der Waals surface area contributed by atoms with E-state index in [0.29, 0.717) is 31.0 Å². The molecule has 144 valence electrons. The first-order valence-corrected chi connectivity index (χ1v) is 10.7. The zero-order valence-corrected chi connectivity index (χ0v) is 16.7. The van der Waals surface area contributed by atoms with Crippen molar-refractivity contribution in [2.45, 2.75) is 31.3 Å². The van der Waals surface area contributed by atoms with Crippen LogP contribution < -0.4 is 0 Å². The van der Waals surface area contributed by atoms with Crippen LogP contribution in [0.1, 0.15) is 24.0 Å². The zero-order valence-electron chi connectivity index (χ0n) is 15.1. The highest BCUT2D eigenvalue weighted by molar-refractivity contribution is 7.89. The summed E-state index contributed by atoms with van der Waals surface area (Å²) in [6, 6.07) is 13.9. The number of piperidine rings is 1. The molecule has 27 heavy (non-hydrogen) atoms.